The van der Waals surface area contributed by atoms with Gasteiger partial charge in [0.05, 0.1) is 19.7 Å². The van der Waals surface area contributed by atoms with Gasteiger partial charge in [-0.3, -0.25) is 4.79 Å². The van der Waals surface area contributed by atoms with Crippen molar-refractivity contribution in [2.24, 2.45) is 0 Å². The van der Waals surface area contributed by atoms with E-state index < -0.39 is 0 Å². The molecule has 3 N–H and O–H groups in total. The van der Waals surface area contributed by atoms with Crippen molar-refractivity contribution in [2.75, 3.05) is 32.6 Å². The summed E-state index contributed by atoms with van der Waals surface area (Å²) in [7, 11) is 3.11. The normalized spacial score (nSPS) is 12.0. The summed E-state index contributed by atoms with van der Waals surface area (Å²) in [5.74, 6) is 1.54. The van der Waals surface area contributed by atoms with Gasteiger partial charge in [-0.05, 0) is 38.1 Å². The molecule has 0 aliphatic carbocycles. The highest BCUT2D eigenvalue weighted by molar-refractivity contribution is 5.88. The van der Waals surface area contributed by atoms with E-state index in [0.717, 1.165) is 43.6 Å². The Labute approximate surface area is 183 Å². The molecule has 0 saturated carbocycles. The number of aromatic nitrogens is 2. The first-order valence-electron chi connectivity index (χ1n) is 10.8. The topological polar surface area (TPSA) is 88.3 Å². The van der Waals surface area contributed by atoms with Crippen LogP contribution in [-0.4, -0.2) is 43.3 Å². The zero-order valence-electron chi connectivity index (χ0n) is 18.7. The highest BCUT2D eigenvalue weighted by atomic mass is 16.5. The van der Waals surface area contributed by atoms with Crippen LogP contribution in [0.15, 0.2) is 41.2 Å². The molecular weight excluding hydrogens is 392 g/mol. The van der Waals surface area contributed by atoms with Crippen LogP contribution in [0.3, 0.4) is 0 Å². The van der Waals surface area contributed by atoms with E-state index in [-0.39, 0.29) is 5.56 Å². The van der Waals surface area contributed by atoms with Crippen molar-refractivity contribution in [3.05, 3.63) is 46.8 Å². The molecule has 0 radical (unpaired) electrons. The number of H-pyrrole nitrogens is 1. The molecule has 0 amide bonds. The number of anilines is 1. The van der Waals surface area contributed by atoms with Crippen LogP contribution in [0.5, 0.6) is 11.5 Å². The number of hydrogen-bond acceptors (Lipinski definition) is 6. The second-order valence-corrected chi connectivity index (χ2v) is 7.46. The van der Waals surface area contributed by atoms with E-state index in [1.165, 1.54) is 7.11 Å². The molecule has 0 bridgehead atoms. The first kappa shape index (κ1) is 22.6. The lowest BCUT2D eigenvalue weighted by atomic mass is 10.1. The van der Waals surface area contributed by atoms with E-state index in [9.17, 15) is 4.79 Å². The summed E-state index contributed by atoms with van der Waals surface area (Å²) in [5.41, 5.74) is 2.09. The van der Waals surface area contributed by atoms with Gasteiger partial charge in [-0.25, -0.2) is 4.98 Å². The van der Waals surface area contributed by atoms with Gasteiger partial charge in [0.2, 0.25) is 0 Å². The molecule has 0 aliphatic heterocycles. The molecule has 0 fully saturated rings. The minimum absolute atomic E-state index is 0.244. The number of nitrogens with one attached hydrogen (secondary N) is 3. The summed E-state index contributed by atoms with van der Waals surface area (Å²) in [6.45, 7) is 6.23. The van der Waals surface area contributed by atoms with Crippen molar-refractivity contribution in [3.8, 4) is 22.9 Å². The molecule has 0 spiro atoms. The monoisotopic (exact) mass is 424 g/mol. The number of rotatable bonds is 11. The third-order valence-corrected chi connectivity index (χ3v) is 5.30. The Morgan fingerprint density at radius 2 is 1.90 bits per heavy atom. The standard InChI is InChI=1S/C24H32N4O3/c1-5-9-16(12-13-25-6-2)26-19-11-8-7-10-18(19)23-27-20-14-17(30-3)15-21(31-4)22(20)24(29)28-23/h7-8,10-11,14-16,25-26H,5-6,9,12-13H2,1-4H3,(H,27,28,29). The predicted octanol–water partition coefficient (Wildman–Crippen LogP) is 4.19. The molecule has 1 aromatic heterocycles. The first-order valence-corrected chi connectivity index (χ1v) is 10.8. The highest BCUT2D eigenvalue weighted by Crippen LogP contribution is 2.31. The summed E-state index contributed by atoms with van der Waals surface area (Å²) in [5, 5.41) is 7.47. The molecule has 1 unspecified atom stereocenters. The van der Waals surface area contributed by atoms with Crippen molar-refractivity contribution >= 4 is 16.6 Å². The summed E-state index contributed by atoms with van der Waals surface area (Å²) >= 11 is 0. The Bertz CT molecular complexity index is 1060. The molecule has 0 aliphatic rings. The fraction of sp³-hybridized carbons (Fsp3) is 0.417. The molecule has 1 heterocycles. The van der Waals surface area contributed by atoms with Gasteiger partial charge in [0.1, 0.15) is 22.7 Å². The fourth-order valence-corrected chi connectivity index (χ4v) is 3.74. The SMILES string of the molecule is CCCC(CCNCC)Nc1ccccc1-c1nc2cc(OC)cc(OC)c2c(=O)[nH]1. The number of nitrogens with zero attached hydrogens (tertiary/aromatic N) is 1. The average molecular weight is 425 g/mol. The number of hydrogen-bond donors (Lipinski definition) is 3. The van der Waals surface area contributed by atoms with Crippen molar-refractivity contribution in [3.63, 3.8) is 0 Å². The number of ether oxygens (including phenoxy) is 2. The molecule has 3 aromatic rings. The molecule has 166 valence electrons. The van der Waals surface area contributed by atoms with E-state index in [2.05, 4.69) is 29.5 Å². The molecule has 2 aromatic carbocycles. The van der Waals surface area contributed by atoms with Crippen LogP contribution in [0.2, 0.25) is 0 Å². The summed E-state index contributed by atoms with van der Waals surface area (Å²) in [6, 6.07) is 11.7. The lowest BCUT2D eigenvalue weighted by molar-refractivity contribution is 0.397. The summed E-state index contributed by atoms with van der Waals surface area (Å²) in [6.07, 6.45) is 3.18. The van der Waals surface area contributed by atoms with Gasteiger partial charge >= 0.3 is 0 Å². The zero-order valence-corrected chi connectivity index (χ0v) is 18.7. The van der Waals surface area contributed by atoms with Crippen LogP contribution < -0.4 is 25.7 Å². The lowest BCUT2D eigenvalue weighted by Gasteiger charge is -2.21. The maximum atomic E-state index is 12.9. The van der Waals surface area contributed by atoms with Crippen molar-refractivity contribution in [1.29, 1.82) is 0 Å². The third-order valence-electron chi connectivity index (χ3n) is 5.30. The van der Waals surface area contributed by atoms with E-state index >= 15 is 0 Å². The Morgan fingerprint density at radius 3 is 2.61 bits per heavy atom. The van der Waals surface area contributed by atoms with Crippen LogP contribution in [0.25, 0.3) is 22.3 Å². The number of fused-ring (bicyclic) bond motifs is 1. The van der Waals surface area contributed by atoms with Crippen LogP contribution >= 0.6 is 0 Å². The van der Waals surface area contributed by atoms with Crippen LogP contribution in [-0.2, 0) is 0 Å². The molecule has 3 rings (SSSR count). The molecule has 7 heteroatoms. The largest absolute Gasteiger partial charge is 0.497 e. The molecular formula is C24H32N4O3. The fourth-order valence-electron chi connectivity index (χ4n) is 3.74. The van der Waals surface area contributed by atoms with Gasteiger partial charge in [-0.1, -0.05) is 32.4 Å². The average Bonchev–Trinajstić information content (AvgIpc) is 2.78. The van der Waals surface area contributed by atoms with Gasteiger partial charge in [-0.15, -0.1) is 0 Å². The van der Waals surface area contributed by atoms with E-state index in [1.54, 1.807) is 19.2 Å². The quantitative estimate of drug-likeness (QED) is 0.400. The summed E-state index contributed by atoms with van der Waals surface area (Å²) < 4.78 is 10.7. The smallest absolute Gasteiger partial charge is 0.262 e. The maximum absolute atomic E-state index is 12.9. The number of aromatic amines is 1. The molecule has 31 heavy (non-hydrogen) atoms. The summed E-state index contributed by atoms with van der Waals surface area (Å²) in [4.78, 5) is 20.6. The molecule has 1 atom stereocenters. The van der Waals surface area contributed by atoms with E-state index in [1.807, 2.05) is 24.3 Å². The molecule has 0 saturated heterocycles. The van der Waals surface area contributed by atoms with Crippen LogP contribution in [0.4, 0.5) is 5.69 Å². The minimum atomic E-state index is -0.244. The van der Waals surface area contributed by atoms with Gasteiger partial charge < -0.3 is 25.1 Å². The van der Waals surface area contributed by atoms with Crippen LogP contribution in [0.1, 0.15) is 33.1 Å². The third kappa shape index (κ3) is 5.35. The number of benzene rings is 2. The van der Waals surface area contributed by atoms with Crippen molar-refractivity contribution in [1.82, 2.24) is 15.3 Å². The van der Waals surface area contributed by atoms with E-state index in [0.29, 0.717) is 34.3 Å². The van der Waals surface area contributed by atoms with Gasteiger partial charge in [-0.2, -0.15) is 0 Å². The van der Waals surface area contributed by atoms with Gasteiger partial charge in [0, 0.05) is 29.4 Å². The Morgan fingerprint density at radius 1 is 1.10 bits per heavy atom. The number of para-hydroxylation sites is 1. The number of methoxy groups -OCH3 is 2. The first-order chi connectivity index (χ1) is 15.1. The second kappa shape index (κ2) is 10.8. The van der Waals surface area contributed by atoms with Gasteiger partial charge in [0.25, 0.3) is 5.56 Å². The highest BCUT2D eigenvalue weighted by Gasteiger charge is 2.16. The Kier molecular flexibility index (Phi) is 7.89. The Balaban J connectivity index is 2.02. The van der Waals surface area contributed by atoms with E-state index in [4.69, 9.17) is 14.5 Å². The van der Waals surface area contributed by atoms with Crippen LogP contribution in [0, 0.1) is 0 Å². The Hall–Kier alpha value is -3.06. The molecule has 7 nitrogen and oxygen atoms in total. The minimum Gasteiger partial charge on any atom is -0.497 e. The van der Waals surface area contributed by atoms with Crippen molar-refractivity contribution in [2.45, 2.75) is 39.2 Å². The lowest BCUT2D eigenvalue weighted by Crippen LogP contribution is -2.26. The van der Waals surface area contributed by atoms with Crippen molar-refractivity contribution < 1.29 is 9.47 Å². The second-order valence-electron chi connectivity index (χ2n) is 7.46. The maximum Gasteiger partial charge on any atom is 0.262 e. The van der Waals surface area contributed by atoms with Gasteiger partial charge in [0.15, 0.2) is 0 Å². The predicted molar refractivity (Wildman–Crippen MR) is 126 cm³/mol. The zero-order chi connectivity index (χ0) is 22.2.